The van der Waals surface area contributed by atoms with Crippen LogP contribution in [0.3, 0.4) is 0 Å². The summed E-state index contributed by atoms with van der Waals surface area (Å²) in [5, 5.41) is 0. The number of nitrogens with zero attached hydrogens (tertiary/aromatic N) is 1. The summed E-state index contributed by atoms with van der Waals surface area (Å²) in [5.41, 5.74) is 6.95. The van der Waals surface area contributed by atoms with Gasteiger partial charge in [-0.25, -0.2) is 0 Å². The summed E-state index contributed by atoms with van der Waals surface area (Å²) in [6.07, 6.45) is 0. The van der Waals surface area contributed by atoms with E-state index in [0.29, 0.717) is 23.4 Å². The highest BCUT2D eigenvalue weighted by Crippen LogP contribution is 2.28. The molecule has 5 nitrogen and oxygen atoms in total. The number of ether oxygens (including phenoxy) is 1. The van der Waals surface area contributed by atoms with Crippen LogP contribution in [0.4, 0.5) is 5.69 Å². The minimum Gasteiger partial charge on any atom is -0.399 e. The summed E-state index contributed by atoms with van der Waals surface area (Å²) in [6.45, 7) is 4.25. The van der Waals surface area contributed by atoms with E-state index in [1.807, 2.05) is 13.8 Å². The van der Waals surface area contributed by atoms with Gasteiger partial charge in [0.05, 0.1) is 23.8 Å². The molecule has 0 saturated carbocycles. The average molecular weight is 262 g/mol. The van der Waals surface area contributed by atoms with Gasteiger partial charge in [-0.15, -0.1) is 0 Å². The van der Waals surface area contributed by atoms with Crippen LogP contribution in [0.5, 0.6) is 0 Å². The van der Waals surface area contributed by atoms with E-state index in [1.165, 1.54) is 4.90 Å². The van der Waals surface area contributed by atoms with Gasteiger partial charge in [0, 0.05) is 12.8 Å². The van der Waals surface area contributed by atoms with Crippen molar-refractivity contribution in [3.05, 3.63) is 29.3 Å². The standard InChI is InChI=1S/C14H18N2O3/c1-8(2)12(7-19-3)16-13(17)10-5-4-9(15)6-11(10)14(16)18/h4-6,8,12H,7,15H2,1-3H3. The molecule has 0 spiro atoms. The molecule has 1 aliphatic rings. The smallest absolute Gasteiger partial charge is 0.261 e. The van der Waals surface area contributed by atoms with Crippen molar-refractivity contribution in [1.82, 2.24) is 4.90 Å². The van der Waals surface area contributed by atoms with E-state index in [1.54, 1.807) is 25.3 Å². The van der Waals surface area contributed by atoms with Gasteiger partial charge in [0.15, 0.2) is 0 Å². The molecule has 5 heteroatoms. The van der Waals surface area contributed by atoms with Crippen LogP contribution in [0, 0.1) is 5.92 Å². The molecule has 0 aliphatic carbocycles. The normalized spacial score (nSPS) is 16.1. The molecule has 1 aromatic rings. The second-order valence-corrected chi connectivity index (χ2v) is 5.05. The van der Waals surface area contributed by atoms with Crippen molar-refractivity contribution in [1.29, 1.82) is 0 Å². The lowest BCUT2D eigenvalue weighted by Crippen LogP contribution is -2.45. The van der Waals surface area contributed by atoms with Crippen LogP contribution in [0.2, 0.25) is 0 Å². The second kappa shape index (κ2) is 5.01. The second-order valence-electron chi connectivity index (χ2n) is 5.05. The summed E-state index contributed by atoms with van der Waals surface area (Å²) in [5.74, 6) is -0.432. The molecular weight excluding hydrogens is 244 g/mol. The van der Waals surface area contributed by atoms with Crippen molar-refractivity contribution in [3.63, 3.8) is 0 Å². The number of carbonyl (C=O) groups excluding carboxylic acids is 2. The van der Waals surface area contributed by atoms with Gasteiger partial charge in [-0.05, 0) is 24.1 Å². The first-order valence-corrected chi connectivity index (χ1v) is 6.23. The molecule has 19 heavy (non-hydrogen) atoms. The third-order valence-corrected chi connectivity index (χ3v) is 3.38. The zero-order valence-electron chi connectivity index (χ0n) is 11.3. The molecule has 102 valence electrons. The molecule has 2 rings (SSSR count). The molecule has 1 aliphatic heterocycles. The van der Waals surface area contributed by atoms with E-state index in [-0.39, 0.29) is 23.8 Å². The van der Waals surface area contributed by atoms with Gasteiger partial charge in [-0.2, -0.15) is 0 Å². The predicted octanol–water partition coefficient (Wildman–Crippen LogP) is 1.54. The maximum atomic E-state index is 12.4. The van der Waals surface area contributed by atoms with E-state index in [2.05, 4.69) is 0 Å². The lowest BCUT2D eigenvalue weighted by atomic mass is 10.0. The van der Waals surface area contributed by atoms with Crippen LogP contribution in [0.15, 0.2) is 18.2 Å². The van der Waals surface area contributed by atoms with Crippen molar-refractivity contribution in [3.8, 4) is 0 Å². The van der Waals surface area contributed by atoms with E-state index < -0.39 is 0 Å². The molecule has 2 amide bonds. The fourth-order valence-corrected chi connectivity index (χ4v) is 2.31. The predicted molar refractivity (Wildman–Crippen MR) is 71.9 cm³/mol. The number of anilines is 1. The molecule has 0 fully saturated rings. The molecule has 0 radical (unpaired) electrons. The summed E-state index contributed by atoms with van der Waals surface area (Å²) < 4.78 is 5.13. The molecule has 1 unspecified atom stereocenters. The Morgan fingerprint density at radius 1 is 1.21 bits per heavy atom. The number of rotatable bonds is 4. The van der Waals surface area contributed by atoms with Gasteiger partial charge in [-0.1, -0.05) is 13.8 Å². The van der Waals surface area contributed by atoms with Crippen LogP contribution in [0.25, 0.3) is 0 Å². The number of benzene rings is 1. The fourth-order valence-electron chi connectivity index (χ4n) is 2.31. The van der Waals surface area contributed by atoms with Gasteiger partial charge < -0.3 is 10.5 Å². The highest BCUT2D eigenvalue weighted by Gasteiger charge is 2.40. The molecule has 2 N–H and O–H groups in total. The molecule has 1 aromatic carbocycles. The van der Waals surface area contributed by atoms with E-state index in [0.717, 1.165) is 0 Å². The third kappa shape index (κ3) is 2.21. The third-order valence-electron chi connectivity index (χ3n) is 3.38. The van der Waals surface area contributed by atoms with Crippen molar-refractivity contribution < 1.29 is 14.3 Å². The Hall–Kier alpha value is -1.88. The Bertz CT molecular complexity index is 525. The number of fused-ring (bicyclic) bond motifs is 1. The average Bonchev–Trinajstić information content (AvgIpc) is 2.59. The Morgan fingerprint density at radius 3 is 2.42 bits per heavy atom. The van der Waals surface area contributed by atoms with Gasteiger partial charge in [-0.3, -0.25) is 14.5 Å². The highest BCUT2D eigenvalue weighted by atomic mass is 16.5. The van der Waals surface area contributed by atoms with Crippen LogP contribution in [-0.4, -0.2) is 36.5 Å². The minimum atomic E-state index is -0.289. The number of hydrogen-bond donors (Lipinski definition) is 1. The zero-order chi connectivity index (χ0) is 14.2. The molecule has 0 aromatic heterocycles. The summed E-state index contributed by atoms with van der Waals surface area (Å²) in [6, 6.07) is 4.53. The molecular formula is C14H18N2O3. The number of hydrogen-bond acceptors (Lipinski definition) is 4. The van der Waals surface area contributed by atoms with Crippen LogP contribution >= 0.6 is 0 Å². The van der Waals surface area contributed by atoms with E-state index in [9.17, 15) is 9.59 Å². The Labute approximate surface area is 112 Å². The van der Waals surface area contributed by atoms with Crippen molar-refractivity contribution in [2.75, 3.05) is 19.5 Å². The highest BCUT2D eigenvalue weighted by molar-refractivity contribution is 6.21. The SMILES string of the molecule is COCC(C(C)C)N1C(=O)c2ccc(N)cc2C1=O. The first kappa shape index (κ1) is 13.5. The minimum absolute atomic E-state index is 0.125. The Balaban J connectivity index is 2.41. The zero-order valence-corrected chi connectivity index (χ0v) is 11.3. The Morgan fingerprint density at radius 2 is 1.84 bits per heavy atom. The summed E-state index contributed by atoms with van der Waals surface area (Å²) in [4.78, 5) is 26.0. The van der Waals surface area contributed by atoms with E-state index >= 15 is 0 Å². The number of nitrogens with two attached hydrogens (primary N) is 1. The maximum Gasteiger partial charge on any atom is 0.261 e. The number of methoxy groups -OCH3 is 1. The lowest BCUT2D eigenvalue weighted by Gasteiger charge is -2.28. The number of imide groups is 1. The first-order valence-electron chi connectivity index (χ1n) is 6.23. The quantitative estimate of drug-likeness (QED) is 0.660. The van der Waals surface area contributed by atoms with Gasteiger partial charge in [0.1, 0.15) is 0 Å². The van der Waals surface area contributed by atoms with Crippen molar-refractivity contribution in [2.45, 2.75) is 19.9 Å². The first-order chi connectivity index (χ1) is 8.97. The van der Waals surface area contributed by atoms with Gasteiger partial charge >= 0.3 is 0 Å². The topological polar surface area (TPSA) is 72.6 Å². The number of nitrogen functional groups attached to an aromatic ring is 1. The summed E-state index contributed by atoms with van der Waals surface area (Å²) in [7, 11) is 1.56. The molecule has 1 heterocycles. The van der Waals surface area contributed by atoms with Gasteiger partial charge in [0.2, 0.25) is 0 Å². The van der Waals surface area contributed by atoms with Crippen LogP contribution in [0.1, 0.15) is 34.6 Å². The largest absolute Gasteiger partial charge is 0.399 e. The maximum absolute atomic E-state index is 12.4. The molecule has 0 saturated heterocycles. The monoisotopic (exact) mass is 262 g/mol. The number of carbonyl (C=O) groups is 2. The lowest BCUT2D eigenvalue weighted by molar-refractivity contribution is 0.0394. The van der Waals surface area contributed by atoms with E-state index in [4.69, 9.17) is 10.5 Å². The van der Waals surface area contributed by atoms with Crippen LogP contribution in [-0.2, 0) is 4.74 Å². The fraction of sp³-hybridized carbons (Fsp3) is 0.429. The van der Waals surface area contributed by atoms with Crippen molar-refractivity contribution >= 4 is 17.5 Å². The summed E-state index contributed by atoms with van der Waals surface area (Å²) >= 11 is 0. The van der Waals surface area contributed by atoms with Crippen LogP contribution < -0.4 is 5.73 Å². The Kier molecular flexibility index (Phi) is 3.57. The van der Waals surface area contributed by atoms with Crippen molar-refractivity contribution in [2.24, 2.45) is 5.92 Å². The number of amides is 2. The molecule has 1 atom stereocenters. The molecule has 0 bridgehead atoms. The van der Waals surface area contributed by atoms with Gasteiger partial charge in [0.25, 0.3) is 11.8 Å².